The quantitative estimate of drug-likeness (QED) is 0.248. The summed E-state index contributed by atoms with van der Waals surface area (Å²) < 4.78 is 58.0. The van der Waals surface area contributed by atoms with Crippen LogP contribution in [0.15, 0.2) is 52.7 Å². The van der Waals surface area contributed by atoms with Crippen molar-refractivity contribution in [2.75, 3.05) is 37.9 Å². The number of hydrogen-bond donors (Lipinski definition) is 1. The second-order valence-electron chi connectivity index (χ2n) is 8.95. The lowest BCUT2D eigenvalue weighted by molar-refractivity contribution is 0.102. The highest BCUT2D eigenvalue weighted by Gasteiger charge is 2.26. The van der Waals surface area contributed by atoms with Gasteiger partial charge >= 0.3 is 13.7 Å². The largest absolute Gasteiger partial charge is 0.457 e. The van der Waals surface area contributed by atoms with Crippen molar-refractivity contribution in [2.24, 2.45) is 0 Å². The van der Waals surface area contributed by atoms with Gasteiger partial charge in [0.25, 0.3) is 5.91 Å². The van der Waals surface area contributed by atoms with E-state index in [1.54, 1.807) is 31.4 Å². The van der Waals surface area contributed by atoms with Crippen molar-refractivity contribution in [2.45, 2.75) is 31.4 Å². The Morgan fingerprint density at radius 2 is 1.83 bits per heavy atom. The summed E-state index contributed by atoms with van der Waals surface area (Å²) in [6.45, 7) is 4.78. The van der Waals surface area contributed by atoms with Crippen LogP contribution in [-0.4, -0.2) is 62.9 Å². The SMILES string of the molecule is CCOP(=O)(Cc1csc(NC(=O)c2cc(CN3CCOC3=O)cc(Oc3ccc(S(C)(=O)=O)cc3)c2)n1)OCC. The molecule has 2 aromatic carbocycles. The summed E-state index contributed by atoms with van der Waals surface area (Å²) in [5.41, 5.74) is 1.32. The van der Waals surface area contributed by atoms with Gasteiger partial charge in [0.2, 0.25) is 0 Å². The molecule has 0 aliphatic carbocycles. The van der Waals surface area contributed by atoms with Crippen molar-refractivity contribution in [3.8, 4) is 11.5 Å². The first-order valence-corrected chi connectivity index (χ1v) is 17.2. The second kappa shape index (κ2) is 13.1. The molecule has 4 rings (SSSR count). The van der Waals surface area contributed by atoms with Crippen LogP contribution >= 0.6 is 18.9 Å². The summed E-state index contributed by atoms with van der Waals surface area (Å²) in [4.78, 5) is 31.3. The third-order valence-electron chi connectivity index (χ3n) is 5.71. The highest BCUT2D eigenvalue weighted by Crippen LogP contribution is 2.51. The van der Waals surface area contributed by atoms with E-state index in [0.29, 0.717) is 29.3 Å². The molecule has 1 saturated heterocycles. The molecule has 0 saturated carbocycles. The van der Waals surface area contributed by atoms with Gasteiger partial charge < -0.3 is 23.4 Å². The maximum atomic E-state index is 13.3. The minimum Gasteiger partial charge on any atom is -0.457 e. The Kier molecular flexibility index (Phi) is 9.82. The first-order valence-electron chi connectivity index (χ1n) is 12.7. The normalized spacial score (nSPS) is 13.7. The summed E-state index contributed by atoms with van der Waals surface area (Å²) in [6, 6.07) is 10.7. The standard InChI is InChI=1S/C26H30N3O9PS2/c1-4-36-39(32,37-5-2)16-20-17-40-25(27-20)28-24(30)19-12-18(15-29-10-11-35-26(29)31)13-22(14-19)38-21-6-8-23(9-7-21)41(3,33)34/h6-9,12-14,17H,4-5,10-11,15-16H2,1-3H3,(H,27,28,30). The number of nitrogens with one attached hydrogen (secondary N) is 1. The number of thiazole rings is 1. The van der Waals surface area contributed by atoms with Crippen LogP contribution in [0.2, 0.25) is 0 Å². The van der Waals surface area contributed by atoms with Gasteiger partial charge in [0.15, 0.2) is 15.0 Å². The van der Waals surface area contributed by atoms with E-state index in [-0.39, 0.29) is 48.1 Å². The van der Waals surface area contributed by atoms with Crippen molar-refractivity contribution in [1.29, 1.82) is 0 Å². The predicted octanol–water partition coefficient (Wildman–Crippen LogP) is 5.31. The van der Waals surface area contributed by atoms with Crippen molar-refractivity contribution < 1.29 is 41.1 Å². The Bertz CT molecular complexity index is 1550. The number of aromatic nitrogens is 1. The molecule has 3 aromatic rings. The van der Waals surface area contributed by atoms with Gasteiger partial charge in [-0.1, -0.05) is 0 Å². The lowest BCUT2D eigenvalue weighted by Gasteiger charge is -2.16. The van der Waals surface area contributed by atoms with Crippen LogP contribution in [0.5, 0.6) is 11.5 Å². The van der Waals surface area contributed by atoms with E-state index < -0.39 is 29.4 Å². The lowest BCUT2D eigenvalue weighted by atomic mass is 10.1. The Labute approximate surface area is 242 Å². The maximum absolute atomic E-state index is 13.3. The lowest BCUT2D eigenvalue weighted by Crippen LogP contribution is -2.23. The number of carbonyl (C=O) groups excluding carboxylic acids is 2. The van der Waals surface area contributed by atoms with E-state index in [1.807, 2.05) is 0 Å². The first-order chi connectivity index (χ1) is 19.5. The van der Waals surface area contributed by atoms with Gasteiger partial charge in [-0.2, -0.15) is 0 Å². The van der Waals surface area contributed by atoms with E-state index in [4.69, 9.17) is 18.5 Å². The van der Waals surface area contributed by atoms with E-state index in [1.165, 1.54) is 46.6 Å². The average Bonchev–Trinajstić information content (AvgIpc) is 3.51. The number of nitrogens with zero attached hydrogens (tertiary/aromatic N) is 2. The second-order valence-corrected chi connectivity index (χ2v) is 13.9. The number of rotatable bonds is 13. The van der Waals surface area contributed by atoms with E-state index >= 15 is 0 Å². The minimum absolute atomic E-state index is 0.0292. The molecule has 0 spiro atoms. The first kappa shape index (κ1) is 30.7. The molecule has 220 valence electrons. The number of sulfone groups is 1. The van der Waals surface area contributed by atoms with Gasteiger partial charge in [0, 0.05) is 23.7 Å². The van der Waals surface area contributed by atoms with Crippen molar-refractivity contribution in [1.82, 2.24) is 9.88 Å². The maximum Gasteiger partial charge on any atom is 0.410 e. The molecule has 1 N–H and O–H groups in total. The Morgan fingerprint density at radius 1 is 1.12 bits per heavy atom. The topological polar surface area (TPSA) is 150 Å². The van der Waals surface area contributed by atoms with Crippen molar-refractivity contribution >= 4 is 45.9 Å². The highest BCUT2D eigenvalue weighted by molar-refractivity contribution is 7.90. The number of anilines is 1. The van der Waals surface area contributed by atoms with Gasteiger partial charge in [0.05, 0.1) is 36.5 Å². The fourth-order valence-corrected chi connectivity index (χ4v) is 7.01. The molecule has 0 atom stereocenters. The molecule has 0 bridgehead atoms. The molecule has 0 radical (unpaired) electrons. The molecule has 1 aliphatic rings. The smallest absolute Gasteiger partial charge is 0.410 e. The van der Waals surface area contributed by atoms with Crippen LogP contribution in [-0.2, 0) is 40.9 Å². The molecule has 2 amide bonds. The molecule has 1 aliphatic heterocycles. The zero-order chi connectivity index (χ0) is 29.6. The highest BCUT2D eigenvalue weighted by atomic mass is 32.2. The van der Waals surface area contributed by atoms with Gasteiger partial charge in [0.1, 0.15) is 18.1 Å². The van der Waals surface area contributed by atoms with E-state index in [2.05, 4.69) is 10.3 Å². The van der Waals surface area contributed by atoms with Gasteiger partial charge in [-0.25, -0.2) is 18.2 Å². The van der Waals surface area contributed by atoms with E-state index in [0.717, 1.165) is 6.26 Å². The van der Waals surface area contributed by atoms with Crippen molar-refractivity contribution in [3.05, 3.63) is 64.7 Å². The molecule has 41 heavy (non-hydrogen) atoms. The van der Waals surface area contributed by atoms with Gasteiger partial charge in [-0.3, -0.25) is 14.7 Å². The summed E-state index contributed by atoms with van der Waals surface area (Å²) in [5.74, 6) is 0.187. The predicted molar refractivity (Wildman–Crippen MR) is 152 cm³/mol. The fourth-order valence-electron chi connectivity index (χ4n) is 3.95. The number of cyclic esters (lactones) is 1. The van der Waals surface area contributed by atoms with Crippen LogP contribution in [0.1, 0.15) is 35.5 Å². The third-order valence-corrected chi connectivity index (χ3v) is 9.66. The molecule has 12 nitrogen and oxygen atoms in total. The summed E-state index contributed by atoms with van der Waals surface area (Å²) in [6.07, 6.45) is 0.631. The molecule has 2 heterocycles. The molecular formula is C26H30N3O9PS2. The molecule has 1 fully saturated rings. The van der Waals surface area contributed by atoms with Crippen LogP contribution in [0, 0.1) is 0 Å². The Hall–Kier alpha value is -3.29. The van der Waals surface area contributed by atoms with Crippen LogP contribution in [0.25, 0.3) is 0 Å². The number of hydrogen-bond acceptors (Lipinski definition) is 11. The third kappa shape index (κ3) is 8.37. The van der Waals surface area contributed by atoms with E-state index in [9.17, 15) is 22.6 Å². The molecule has 1 aromatic heterocycles. The molecule has 0 unspecified atom stereocenters. The monoisotopic (exact) mass is 623 g/mol. The van der Waals surface area contributed by atoms with Gasteiger partial charge in [-0.05, 0) is 61.9 Å². The van der Waals surface area contributed by atoms with Gasteiger partial charge in [-0.15, -0.1) is 11.3 Å². The average molecular weight is 624 g/mol. The minimum atomic E-state index is -3.37. The molecular weight excluding hydrogens is 593 g/mol. The summed E-state index contributed by atoms with van der Waals surface area (Å²) in [7, 11) is -6.73. The zero-order valence-electron chi connectivity index (χ0n) is 22.7. The van der Waals surface area contributed by atoms with Crippen LogP contribution in [0.3, 0.4) is 0 Å². The number of carbonyl (C=O) groups is 2. The Morgan fingerprint density at radius 3 is 2.44 bits per heavy atom. The van der Waals surface area contributed by atoms with Crippen LogP contribution in [0.4, 0.5) is 9.93 Å². The number of amides is 2. The zero-order valence-corrected chi connectivity index (χ0v) is 25.2. The fraction of sp³-hybridized carbons (Fsp3) is 0.346. The number of benzene rings is 2. The van der Waals surface area contributed by atoms with Crippen LogP contribution < -0.4 is 10.1 Å². The summed E-state index contributed by atoms with van der Waals surface area (Å²) in [5, 5.41) is 4.70. The Balaban J connectivity index is 1.55. The number of ether oxygens (including phenoxy) is 2. The van der Waals surface area contributed by atoms with Crippen molar-refractivity contribution in [3.63, 3.8) is 0 Å². The summed E-state index contributed by atoms with van der Waals surface area (Å²) >= 11 is 1.17. The molecule has 15 heteroatoms.